The summed E-state index contributed by atoms with van der Waals surface area (Å²) in [6, 6.07) is -1.52. The molecule has 0 radical (unpaired) electrons. The largest absolute Gasteiger partial charge is 0.480 e. The van der Waals surface area contributed by atoms with Crippen molar-refractivity contribution in [3.8, 4) is 0 Å². The maximum atomic E-state index is 12.8. The second-order valence-corrected chi connectivity index (χ2v) is 5.93. The highest BCUT2D eigenvalue weighted by Crippen LogP contribution is 2.34. The van der Waals surface area contributed by atoms with Gasteiger partial charge in [-0.1, -0.05) is 0 Å². The van der Waals surface area contributed by atoms with Crippen molar-refractivity contribution >= 4 is 16.0 Å². The third-order valence-corrected chi connectivity index (χ3v) is 4.76. The molecule has 0 aromatic carbocycles. The molecule has 114 valence electrons. The van der Waals surface area contributed by atoms with Gasteiger partial charge >= 0.3 is 12.1 Å². The minimum Gasteiger partial charge on any atom is -0.480 e. The van der Waals surface area contributed by atoms with Gasteiger partial charge in [0, 0.05) is 14.1 Å². The van der Waals surface area contributed by atoms with Crippen LogP contribution in [-0.4, -0.2) is 46.7 Å². The maximum Gasteiger partial charge on any atom is 0.420 e. The Morgan fingerprint density at radius 2 is 2.00 bits per heavy atom. The topological polar surface area (TPSA) is 92.5 Å². The summed E-state index contributed by atoms with van der Waals surface area (Å²) in [5.74, 6) is -1.48. The lowest BCUT2D eigenvalue weighted by molar-refractivity contribution is -0.140. The van der Waals surface area contributed by atoms with Crippen molar-refractivity contribution < 1.29 is 31.5 Å². The van der Waals surface area contributed by atoms with Crippen LogP contribution in [0.4, 0.5) is 13.2 Å². The van der Waals surface area contributed by atoms with Crippen molar-refractivity contribution in [2.45, 2.75) is 24.2 Å². The van der Waals surface area contributed by atoms with E-state index in [1.165, 1.54) is 0 Å². The number of likely N-dealkylation sites (N-methyl/N-ethyl adjacent to an activating group) is 1. The molecule has 0 aliphatic rings. The highest BCUT2D eigenvalue weighted by atomic mass is 32.2. The summed E-state index contributed by atoms with van der Waals surface area (Å²) in [6.45, 7) is 1.05. The number of hydrogen-bond donors (Lipinski definition) is 1. The predicted octanol–water partition coefficient (Wildman–Crippen LogP) is 0.533. The quantitative estimate of drug-likeness (QED) is 0.875. The third-order valence-electron chi connectivity index (χ3n) is 2.72. The van der Waals surface area contributed by atoms with Gasteiger partial charge in [-0.2, -0.15) is 22.6 Å². The Kier molecular flexibility index (Phi) is 4.15. The number of carboxylic acid groups (broad SMARTS) is 1. The standard InChI is InChI=1S/C9H12F3N3O4S/c1-5(8(16)17)15(3)20(18,19)7-6(9(10,11)12)4-13-14(7)2/h4-5H,1-3H3,(H,16,17). The number of nitrogens with zero attached hydrogens (tertiary/aromatic N) is 3. The molecule has 1 N–H and O–H groups in total. The molecule has 0 aliphatic carbocycles. The van der Waals surface area contributed by atoms with Crippen molar-refractivity contribution in [2.24, 2.45) is 7.05 Å². The number of aryl methyl sites for hydroxylation is 1. The second-order valence-electron chi connectivity index (χ2n) is 4.02. The lowest BCUT2D eigenvalue weighted by Crippen LogP contribution is -2.41. The van der Waals surface area contributed by atoms with E-state index in [1.807, 2.05) is 0 Å². The van der Waals surface area contributed by atoms with Crippen LogP contribution >= 0.6 is 0 Å². The lowest BCUT2D eigenvalue weighted by Gasteiger charge is -2.22. The van der Waals surface area contributed by atoms with Crippen LogP contribution in [0.3, 0.4) is 0 Å². The fourth-order valence-corrected chi connectivity index (χ4v) is 3.03. The molecule has 1 rings (SSSR count). The molecule has 7 nitrogen and oxygen atoms in total. The molecule has 0 amide bonds. The number of halogens is 3. The van der Waals surface area contributed by atoms with Gasteiger partial charge in [0.2, 0.25) is 0 Å². The van der Waals surface area contributed by atoms with Crippen molar-refractivity contribution in [1.82, 2.24) is 14.1 Å². The summed E-state index contributed by atoms with van der Waals surface area (Å²) in [5.41, 5.74) is -1.44. The summed E-state index contributed by atoms with van der Waals surface area (Å²) < 4.78 is 63.4. The Bertz CT molecular complexity index is 623. The Hall–Kier alpha value is -1.62. The highest BCUT2D eigenvalue weighted by Gasteiger charge is 2.43. The van der Waals surface area contributed by atoms with Crippen LogP contribution in [0.2, 0.25) is 0 Å². The molecule has 0 spiro atoms. The van der Waals surface area contributed by atoms with Gasteiger partial charge < -0.3 is 5.11 Å². The van der Waals surface area contributed by atoms with Crippen molar-refractivity contribution in [3.63, 3.8) is 0 Å². The molecular weight excluding hydrogens is 303 g/mol. The average molecular weight is 315 g/mol. The number of carboxylic acids is 1. The first kappa shape index (κ1) is 16.4. The first-order valence-corrected chi connectivity index (χ1v) is 6.64. The van der Waals surface area contributed by atoms with Gasteiger partial charge in [-0.3, -0.25) is 9.48 Å². The monoisotopic (exact) mass is 315 g/mol. The van der Waals surface area contributed by atoms with Crippen molar-refractivity contribution in [1.29, 1.82) is 0 Å². The van der Waals surface area contributed by atoms with E-state index < -0.39 is 38.8 Å². The van der Waals surface area contributed by atoms with Crippen LogP contribution < -0.4 is 0 Å². The molecule has 1 aromatic rings. The van der Waals surface area contributed by atoms with Crippen LogP contribution in [0.15, 0.2) is 11.2 Å². The summed E-state index contributed by atoms with van der Waals surface area (Å²) in [6.07, 6.45) is -4.53. The molecule has 0 bridgehead atoms. The number of aliphatic carboxylic acids is 1. The van der Waals surface area contributed by atoms with Gasteiger partial charge in [-0.15, -0.1) is 0 Å². The van der Waals surface area contributed by atoms with Crippen LogP contribution in [0.1, 0.15) is 12.5 Å². The predicted molar refractivity (Wildman–Crippen MR) is 60.3 cm³/mol. The van der Waals surface area contributed by atoms with Crippen LogP contribution in [0, 0.1) is 0 Å². The summed E-state index contributed by atoms with van der Waals surface area (Å²) >= 11 is 0. The number of aromatic nitrogens is 2. The van der Waals surface area contributed by atoms with Crippen molar-refractivity contribution in [2.75, 3.05) is 7.05 Å². The van der Waals surface area contributed by atoms with E-state index in [9.17, 15) is 26.4 Å². The van der Waals surface area contributed by atoms with E-state index >= 15 is 0 Å². The van der Waals surface area contributed by atoms with Gasteiger partial charge in [0.1, 0.15) is 11.6 Å². The first-order valence-electron chi connectivity index (χ1n) is 5.20. The Balaban J connectivity index is 3.44. The van der Waals surface area contributed by atoms with Gasteiger partial charge in [0.25, 0.3) is 10.0 Å². The number of hydrogen-bond acceptors (Lipinski definition) is 4. The fourth-order valence-electron chi connectivity index (χ4n) is 1.43. The molecule has 1 heterocycles. The minimum absolute atomic E-state index is 0.349. The van der Waals surface area contributed by atoms with Gasteiger partial charge in [-0.25, -0.2) is 8.42 Å². The van der Waals surface area contributed by atoms with E-state index in [0.29, 0.717) is 15.2 Å². The SMILES string of the molecule is CC(C(=O)O)N(C)S(=O)(=O)c1c(C(F)(F)F)cnn1C. The van der Waals surface area contributed by atoms with Crippen LogP contribution in [0.25, 0.3) is 0 Å². The molecular formula is C9H12F3N3O4S. The zero-order valence-corrected chi connectivity index (χ0v) is 11.5. The molecule has 11 heteroatoms. The molecule has 0 saturated heterocycles. The van der Waals surface area contributed by atoms with Crippen molar-refractivity contribution in [3.05, 3.63) is 11.8 Å². The zero-order chi connectivity index (χ0) is 15.9. The molecule has 1 atom stereocenters. The Morgan fingerprint density at radius 3 is 2.40 bits per heavy atom. The summed E-state index contributed by atoms with van der Waals surface area (Å²) in [4.78, 5) is 10.8. The molecule has 1 unspecified atom stereocenters. The number of alkyl halides is 3. The van der Waals surface area contributed by atoms with E-state index in [1.54, 1.807) is 0 Å². The van der Waals surface area contributed by atoms with Gasteiger partial charge in [0.15, 0.2) is 5.03 Å². The smallest absolute Gasteiger partial charge is 0.420 e. The molecule has 0 fully saturated rings. The number of rotatable bonds is 4. The summed E-state index contributed by atoms with van der Waals surface area (Å²) in [7, 11) is -2.73. The zero-order valence-electron chi connectivity index (χ0n) is 10.7. The lowest BCUT2D eigenvalue weighted by atomic mass is 10.3. The maximum absolute atomic E-state index is 12.8. The molecule has 0 aliphatic heterocycles. The summed E-state index contributed by atoms with van der Waals surface area (Å²) in [5, 5.41) is 10.9. The first-order chi connectivity index (χ1) is 8.90. The van der Waals surface area contributed by atoms with E-state index in [4.69, 9.17) is 5.11 Å². The third kappa shape index (κ3) is 2.77. The van der Waals surface area contributed by atoms with E-state index in [0.717, 1.165) is 21.0 Å². The van der Waals surface area contributed by atoms with Gasteiger partial charge in [-0.05, 0) is 6.92 Å². The van der Waals surface area contributed by atoms with E-state index in [-0.39, 0.29) is 0 Å². The normalized spacial score (nSPS) is 14.6. The molecule has 0 saturated carbocycles. The fraction of sp³-hybridized carbons (Fsp3) is 0.556. The minimum atomic E-state index is -4.91. The Labute approximate surface area is 112 Å². The highest BCUT2D eigenvalue weighted by molar-refractivity contribution is 7.89. The molecule has 20 heavy (non-hydrogen) atoms. The number of carbonyl (C=O) groups is 1. The van der Waals surface area contributed by atoms with Crippen LogP contribution in [0.5, 0.6) is 0 Å². The Morgan fingerprint density at radius 1 is 1.50 bits per heavy atom. The molecule has 1 aromatic heterocycles. The second kappa shape index (κ2) is 5.05. The van der Waals surface area contributed by atoms with E-state index in [2.05, 4.69) is 5.10 Å². The average Bonchev–Trinajstić information content (AvgIpc) is 2.69. The van der Waals surface area contributed by atoms with Gasteiger partial charge in [0.05, 0.1) is 6.20 Å². The number of sulfonamides is 1. The van der Waals surface area contributed by atoms with Crippen LogP contribution in [-0.2, 0) is 28.0 Å².